The van der Waals surface area contributed by atoms with Gasteiger partial charge in [-0.15, -0.1) is 0 Å². The summed E-state index contributed by atoms with van der Waals surface area (Å²) in [6.07, 6.45) is 4.10. The van der Waals surface area contributed by atoms with Gasteiger partial charge >= 0.3 is 0 Å². The van der Waals surface area contributed by atoms with E-state index in [0.29, 0.717) is 41.7 Å². The molecule has 0 saturated carbocycles. The molecule has 0 atom stereocenters. The maximum Gasteiger partial charge on any atom is 0.290 e. The molecule has 0 radical (unpaired) electrons. The van der Waals surface area contributed by atoms with Crippen molar-refractivity contribution < 1.29 is 14.3 Å². The van der Waals surface area contributed by atoms with E-state index in [4.69, 9.17) is 4.74 Å². The van der Waals surface area contributed by atoms with Crippen LogP contribution in [0.15, 0.2) is 77.9 Å². The third-order valence-corrected chi connectivity index (χ3v) is 5.05. The second-order valence-corrected chi connectivity index (χ2v) is 7.51. The van der Waals surface area contributed by atoms with Crippen LogP contribution in [0.3, 0.4) is 0 Å². The van der Waals surface area contributed by atoms with Crippen molar-refractivity contribution in [2.24, 2.45) is 0 Å². The number of rotatable bonds is 7. The highest BCUT2D eigenvalue weighted by Gasteiger charge is 2.17. The largest absolute Gasteiger partial charge is 0.489 e. The molecule has 2 aromatic heterocycles. The number of ether oxygens (including phenoxy) is 1. The summed E-state index contributed by atoms with van der Waals surface area (Å²) in [6, 6.07) is 17.0. The Hall–Kier alpha value is -4.53. The maximum absolute atomic E-state index is 12.8. The van der Waals surface area contributed by atoms with Crippen LogP contribution in [-0.4, -0.2) is 26.6 Å². The quantitative estimate of drug-likeness (QED) is 0.413. The first-order valence-electron chi connectivity index (χ1n) is 10.8. The van der Waals surface area contributed by atoms with Gasteiger partial charge in [0.15, 0.2) is 5.69 Å². The van der Waals surface area contributed by atoms with Crippen LogP contribution in [-0.2, 0) is 13.2 Å². The summed E-state index contributed by atoms with van der Waals surface area (Å²) >= 11 is 0. The molecule has 2 N–H and O–H groups in total. The Bertz CT molecular complexity index is 1370. The zero-order valence-corrected chi connectivity index (χ0v) is 18.5. The van der Waals surface area contributed by atoms with Crippen molar-refractivity contribution in [3.63, 3.8) is 0 Å². The second-order valence-electron chi connectivity index (χ2n) is 7.51. The van der Waals surface area contributed by atoms with Gasteiger partial charge < -0.3 is 4.74 Å². The van der Waals surface area contributed by atoms with Gasteiger partial charge in [0.2, 0.25) is 0 Å². The summed E-state index contributed by atoms with van der Waals surface area (Å²) in [7, 11) is 0. The van der Waals surface area contributed by atoms with E-state index >= 15 is 0 Å². The minimum atomic E-state index is -0.620. The molecule has 4 rings (SSSR count). The highest BCUT2D eigenvalue weighted by atomic mass is 16.5. The zero-order valence-electron chi connectivity index (χ0n) is 18.5. The van der Waals surface area contributed by atoms with Gasteiger partial charge in [-0.25, -0.2) is 4.68 Å². The molecule has 0 unspecified atom stereocenters. The SMILES string of the molecule is CCCn1nc(C(=O)NNC(=O)c2ccc(OCc3cccnc3)cc2)c2ccccc2c1=O. The van der Waals surface area contributed by atoms with Crippen molar-refractivity contribution in [1.29, 1.82) is 0 Å². The van der Waals surface area contributed by atoms with Gasteiger partial charge in [0, 0.05) is 35.5 Å². The molecule has 9 nitrogen and oxygen atoms in total. The minimum absolute atomic E-state index is 0.0584. The molecule has 34 heavy (non-hydrogen) atoms. The third kappa shape index (κ3) is 5.09. The summed E-state index contributed by atoms with van der Waals surface area (Å²) in [5.74, 6) is -0.525. The number of amides is 2. The van der Waals surface area contributed by atoms with Gasteiger partial charge in [-0.3, -0.25) is 30.2 Å². The first-order chi connectivity index (χ1) is 16.6. The van der Waals surface area contributed by atoms with Crippen LogP contribution in [0, 0.1) is 0 Å². The molecule has 0 aliphatic heterocycles. The minimum Gasteiger partial charge on any atom is -0.489 e. The van der Waals surface area contributed by atoms with E-state index in [9.17, 15) is 14.4 Å². The average Bonchev–Trinajstić information content (AvgIpc) is 2.88. The molecule has 2 heterocycles. The number of hydrogen-bond donors (Lipinski definition) is 2. The molecule has 0 bridgehead atoms. The number of fused-ring (bicyclic) bond motifs is 1. The van der Waals surface area contributed by atoms with Crippen LogP contribution in [0.5, 0.6) is 5.75 Å². The molecule has 0 aliphatic carbocycles. The Balaban J connectivity index is 1.42. The molecule has 4 aromatic rings. The summed E-state index contributed by atoms with van der Waals surface area (Å²) in [4.78, 5) is 41.9. The highest BCUT2D eigenvalue weighted by molar-refractivity contribution is 6.06. The van der Waals surface area contributed by atoms with Crippen molar-refractivity contribution in [1.82, 2.24) is 25.6 Å². The molecule has 0 fully saturated rings. The van der Waals surface area contributed by atoms with Crippen LogP contribution in [0.25, 0.3) is 10.8 Å². The van der Waals surface area contributed by atoms with Crippen LogP contribution >= 0.6 is 0 Å². The highest BCUT2D eigenvalue weighted by Crippen LogP contribution is 2.15. The van der Waals surface area contributed by atoms with Crippen molar-refractivity contribution in [3.8, 4) is 5.75 Å². The maximum atomic E-state index is 12.8. The predicted octanol–water partition coefficient (Wildman–Crippen LogP) is 2.86. The van der Waals surface area contributed by atoms with Gasteiger partial charge in [-0.1, -0.05) is 31.2 Å². The lowest BCUT2D eigenvalue weighted by Crippen LogP contribution is -2.42. The fourth-order valence-corrected chi connectivity index (χ4v) is 3.36. The van der Waals surface area contributed by atoms with Crippen LogP contribution in [0.1, 0.15) is 39.8 Å². The van der Waals surface area contributed by atoms with Crippen molar-refractivity contribution in [3.05, 3.63) is 100 Å². The Morgan fingerprint density at radius 3 is 2.38 bits per heavy atom. The summed E-state index contributed by atoms with van der Waals surface area (Å²) in [5, 5.41) is 5.03. The van der Waals surface area contributed by atoms with Crippen LogP contribution in [0.4, 0.5) is 0 Å². The number of carbonyl (C=O) groups is 2. The Morgan fingerprint density at radius 2 is 1.68 bits per heavy atom. The van der Waals surface area contributed by atoms with Gasteiger partial charge in [0.1, 0.15) is 12.4 Å². The number of hydrazine groups is 1. The van der Waals surface area contributed by atoms with Gasteiger partial charge in [0.25, 0.3) is 17.4 Å². The molecule has 0 spiro atoms. The smallest absolute Gasteiger partial charge is 0.290 e. The molecule has 9 heteroatoms. The van der Waals surface area contributed by atoms with E-state index in [1.165, 1.54) is 4.68 Å². The third-order valence-electron chi connectivity index (χ3n) is 5.05. The van der Waals surface area contributed by atoms with E-state index < -0.39 is 11.8 Å². The molecule has 172 valence electrons. The lowest BCUT2D eigenvalue weighted by Gasteiger charge is -2.12. The van der Waals surface area contributed by atoms with Crippen molar-refractivity contribution in [2.75, 3.05) is 0 Å². The van der Waals surface area contributed by atoms with E-state index in [2.05, 4.69) is 20.9 Å². The molecule has 0 saturated heterocycles. The summed E-state index contributed by atoms with van der Waals surface area (Å²) < 4.78 is 6.95. The number of carbonyl (C=O) groups excluding carboxylic acids is 2. The molecule has 2 amide bonds. The topological polar surface area (TPSA) is 115 Å². The monoisotopic (exact) mass is 457 g/mol. The number of aromatic nitrogens is 3. The van der Waals surface area contributed by atoms with Gasteiger partial charge in [-0.05, 0) is 42.8 Å². The molecule has 2 aromatic carbocycles. The fraction of sp³-hybridized carbons (Fsp3) is 0.160. The predicted molar refractivity (Wildman–Crippen MR) is 126 cm³/mol. The van der Waals surface area contributed by atoms with Crippen LogP contribution < -0.4 is 21.1 Å². The van der Waals surface area contributed by atoms with Gasteiger partial charge in [-0.2, -0.15) is 5.10 Å². The number of nitrogens with zero attached hydrogens (tertiary/aromatic N) is 3. The van der Waals surface area contributed by atoms with Crippen molar-refractivity contribution in [2.45, 2.75) is 26.5 Å². The molecular formula is C25H23N5O4. The van der Waals surface area contributed by atoms with Crippen molar-refractivity contribution >= 4 is 22.6 Å². The first-order valence-corrected chi connectivity index (χ1v) is 10.8. The number of nitrogens with one attached hydrogen (secondary N) is 2. The number of aryl methyl sites for hydroxylation is 1. The Kier molecular flexibility index (Phi) is 6.92. The number of hydrogen-bond acceptors (Lipinski definition) is 6. The average molecular weight is 457 g/mol. The number of pyridine rings is 1. The zero-order chi connectivity index (χ0) is 23.9. The number of benzene rings is 2. The van der Waals surface area contributed by atoms with E-state index in [0.717, 1.165) is 5.56 Å². The second kappa shape index (κ2) is 10.4. The molecular weight excluding hydrogens is 434 g/mol. The van der Waals surface area contributed by atoms with E-state index in [-0.39, 0.29) is 11.3 Å². The standard InChI is InChI=1S/C25H23N5O4/c1-2-14-30-25(33)21-8-4-3-7-20(21)22(29-30)24(32)28-27-23(31)18-9-11-19(12-10-18)34-16-17-6-5-13-26-15-17/h3-13,15H,2,14,16H2,1H3,(H,27,31)(H,28,32). The Morgan fingerprint density at radius 1 is 0.941 bits per heavy atom. The Labute approximate surface area is 195 Å². The summed E-state index contributed by atoms with van der Waals surface area (Å²) in [5.41, 5.74) is 5.84. The van der Waals surface area contributed by atoms with E-state index in [1.54, 1.807) is 60.9 Å². The van der Waals surface area contributed by atoms with Crippen LogP contribution in [0.2, 0.25) is 0 Å². The van der Waals surface area contributed by atoms with Gasteiger partial charge in [0.05, 0.1) is 5.39 Å². The summed E-state index contributed by atoms with van der Waals surface area (Å²) in [6.45, 7) is 2.65. The normalized spacial score (nSPS) is 10.6. The lowest BCUT2D eigenvalue weighted by molar-refractivity contribution is 0.0843. The molecule has 0 aliphatic rings. The fourth-order valence-electron chi connectivity index (χ4n) is 3.36. The lowest BCUT2D eigenvalue weighted by atomic mass is 10.1. The van der Waals surface area contributed by atoms with E-state index in [1.807, 2.05) is 19.1 Å². The first kappa shape index (κ1) is 22.7.